The van der Waals surface area contributed by atoms with Gasteiger partial charge in [-0.15, -0.1) is 0 Å². The van der Waals surface area contributed by atoms with Crippen LogP contribution in [0, 0.1) is 12.7 Å². The van der Waals surface area contributed by atoms with E-state index in [1.807, 2.05) is 65.0 Å². The Morgan fingerprint density at radius 1 is 0.872 bits per heavy atom. The predicted molar refractivity (Wildman–Crippen MR) is 182 cm³/mol. The summed E-state index contributed by atoms with van der Waals surface area (Å²) < 4.78 is 50.0. The molecule has 0 saturated carbocycles. The normalized spacial score (nSPS) is 12.2. The molecular formula is C37H42FN3O5S. The van der Waals surface area contributed by atoms with E-state index in [4.69, 9.17) is 4.74 Å². The zero-order valence-electron chi connectivity index (χ0n) is 27.4. The van der Waals surface area contributed by atoms with E-state index in [1.165, 1.54) is 23.1 Å². The summed E-state index contributed by atoms with van der Waals surface area (Å²) in [5, 5.41) is 2.97. The molecule has 0 saturated heterocycles. The number of hydrogen-bond donors (Lipinski definition) is 1. The first-order valence-electron chi connectivity index (χ1n) is 15.5. The summed E-state index contributed by atoms with van der Waals surface area (Å²) >= 11 is 0. The molecule has 0 heterocycles. The molecule has 8 nitrogen and oxygen atoms in total. The SMILES string of the molecule is CCOc1ccc(N(CC(=O)N(Cc2ccccc2F)[C@H](Cc2ccccc2)C(=O)NC(C)(C)C)S(=O)(=O)c2ccc(C)cc2)cc1. The summed E-state index contributed by atoms with van der Waals surface area (Å²) in [4.78, 5) is 29.8. The second-order valence-electron chi connectivity index (χ2n) is 12.3. The van der Waals surface area contributed by atoms with Gasteiger partial charge in [0.1, 0.15) is 24.2 Å². The fourth-order valence-electron chi connectivity index (χ4n) is 5.06. The van der Waals surface area contributed by atoms with Crippen LogP contribution in [-0.2, 0) is 32.6 Å². The first-order valence-corrected chi connectivity index (χ1v) is 16.9. The summed E-state index contributed by atoms with van der Waals surface area (Å²) in [7, 11) is -4.27. The van der Waals surface area contributed by atoms with Crippen molar-refractivity contribution in [3.8, 4) is 5.75 Å². The molecule has 0 spiro atoms. The molecule has 2 amide bonds. The lowest BCUT2D eigenvalue weighted by atomic mass is 10.0. The van der Waals surface area contributed by atoms with Crippen molar-refractivity contribution in [3.05, 3.63) is 126 Å². The van der Waals surface area contributed by atoms with E-state index in [2.05, 4.69) is 5.32 Å². The third-order valence-electron chi connectivity index (χ3n) is 7.39. The number of carbonyl (C=O) groups excluding carboxylic acids is 2. The summed E-state index contributed by atoms with van der Waals surface area (Å²) in [6.07, 6.45) is 0.122. The van der Waals surface area contributed by atoms with Gasteiger partial charge in [0, 0.05) is 24.1 Å². The van der Waals surface area contributed by atoms with E-state index in [-0.39, 0.29) is 29.1 Å². The summed E-state index contributed by atoms with van der Waals surface area (Å²) in [6.45, 7) is 8.69. The van der Waals surface area contributed by atoms with E-state index in [0.717, 1.165) is 15.4 Å². The minimum atomic E-state index is -4.27. The quantitative estimate of drug-likeness (QED) is 0.182. The number of rotatable bonds is 13. The molecule has 1 atom stereocenters. The summed E-state index contributed by atoms with van der Waals surface area (Å²) in [6, 6.07) is 26.9. The molecule has 1 N–H and O–H groups in total. The molecule has 47 heavy (non-hydrogen) atoms. The maximum absolute atomic E-state index is 15.1. The summed E-state index contributed by atoms with van der Waals surface area (Å²) in [5.41, 5.74) is 1.44. The van der Waals surface area contributed by atoms with E-state index in [1.54, 1.807) is 54.6 Å². The molecule has 0 radical (unpaired) electrons. The summed E-state index contributed by atoms with van der Waals surface area (Å²) in [5.74, 6) is -1.13. The van der Waals surface area contributed by atoms with Gasteiger partial charge < -0.3 is 15.0 Å². The molecule has 4 aromatic rings. The molecule has 0 unspecified atom stereocenters. The molecule has 10 heteroatoms. The Bertz CT molecular complexity index is 1760. The van der Waals surface area contributed by atoms with Crippen molar-refractivity contribution < 1.29 is 27.1 Å². The fraction of sp³-hybridized carbons (Fsp3) is 0.297. The molecule has 0 aliphatic carbocycles. The van der Waals surface area contributed by atoms with E-state index < -0.39 is 45.8 Å². The van der Waals surface area contributed by atoms with Crippen molar-refractivity contribution in [2.75, 3.05) is 17.5 Å². The average Bonchev–Trinajstić information content (AvgIpc) is 3.02. The fourth-order valence-corrected chi connectivity index (χ4v) is 6.47. The van der Waals surface area contributed by atoms with Gasteiger partial charge in [-0.25, -0.2) is 12.8 Å². The van der Waals surface area contributed by atoms with Gasteiger partial charge in [0.25, 0.3) is 10.0 Å². The average molecular weight is 660 g/mol. The zero-order chi connectivity index (χ0) is 34.2. The monoisotopic (exact) mass is 659 g/mol. The third-order valence-corrected chi connectivity index (χ3v) is 9.18. The van der Waals surface area contributed by atoms with Gasteiger partial charge in [0.05, 0.1) is 17.2 Å². The van der Waals surface area contributed by atoms with Gasteiger partial charge >= 0.3 is 0 Å². The van der Waals surface area contributed by atoms with Crippen molar-refractivity contribution >= 4 is 27.5 Å². The van der Waals surface area contributed by atoms with Gasteiger partial charge in [-0.3, -0.25) is 13.9 Å². The topological polar surface area (TPSA) is 96.0 Å². The standard InChI is InChI=1S/C37H42FN3O5S/c1-6-46-31-20-18-30(19-21-31)41(47(44,45)32-22-16-27(2)17-23-32)26-35(42)40(25-29-14-10-11-15-33(29)38)34(36(43)39-37(3,4)5)24-28-12-8-7-9-13-28/h7-23,34H,6,24-26H2,1-5H3,(H,39,43)/t34-/m1/s1. The van der Waals surface area contributed by atoms with Crippen LogP contribution in [0.3, 0.4) is 0 Å². The molecule has 0 aliphatic rings. The minimum Gasteiger partial charge on any atom is -0.494 e. The lowest BCUT2D eigenvalue weighted by Gasteiger charge is -2.35. The van der Waals surface area contributed by atoms with Gasteiger partial charge in [-0.05, 0) is 82.6 Å². The number of hydrogen-bond acceptors (Lipinski definition) is 5. The highest BCUT2D eigenvalue weighted by atomic mass is 32.2. The molecule has 248 valence electrons. The highest BCUT2D eigenvalue weighted by molar-refractivity contribution is 7.92. The first kappa shape index (κ1) is 35.2. The number of carbonyl (C=O) groups is 2. The first-order chi connectivity index (χ1) is 22.3. The maximum atomic E-state index is 15.1. The number of anilines is 1. The van der Waals surface area contributed by atoms with Gasteiger partial charge in [-0.2, -0.15) is 0 Å². The Balaban J connectivity index is 1.82. The number of benzene rings is 4. The molecule has 0 bridgehead atoms. The van der Waals surface area contributed by atoms with E-state index >= 15 is 4.39 Å². The van der Waals surface area contributed by atoms with Gasteiger partial charge in [-0.1, -0.05) is 66.2 Å². The Hall–Kier alpha value is -4.70. The Morgan fingerprint density at radius 3 is 2.09 bits per heavy atom. The Labute approximate surface area is 277 Å². The molecular weight excluding hydrogens is 617 g/mol. The second-order valence-corrected chi connectivity index (χ2v) is 14.2. The Morgan fingerprint density at radius 2 is 1.49 bits per heavy atom. The van der Waals surface area contributed by atoms with Gasteiger partial charge in [0.2, 0.25) is 11.8 Å². The van der Waals surface area contributed by atoms with Gasteiger partial charge in [0.15, 0.2) is 0 Å². The van der Waals surface area contributed by atoms with Crippen molar-refractivity contribution in [2.24, 2.45) is 0 Å². The second kappa shape index (κ2) is 15.3. The van der Waals surface area contributed by atoms with Crippen LogP contribution in [0.5, 0.6) is 5.75 Å². The van der Waals surface area contributed by atoms with Crippen molar-refractivity contribution in [1.82, 2.24) is 10.2 Å². The van der Waals surface area contributed by atoms with Crippen molar-refractivity contribution in [3.63, 3.8) is 0 Å². The lowest BCUT2D eigenvalue weighted by Crippen LogP contribution is -2.56. The van der Waals surface area contributed by atoms with Crippen LogP contribution in [0.1, 0.15) is 44.4 Å². The van der Waals surface area contributed by atoms with Crippen LogP contribution in [0.2, 0.25) is 0 Å². The van der Waals surface area contributed by atoms with Crippen molar-refractivity contribution in [2.45, 2.75) is 64.1 Å². The van der Waals surface area contributed by atoms with Crippen LogP contribution < -0.4 is 14.4 Å². The number of ether oxygens (including phenoxy) is 1. The zero-order valence-corrected chi connectivity index (χ0v) is 28.3. The van der Waals surface area contributed by atoms with Crippen LogP contribution >= 0.6 is 0 Å². The number of nitrogens with one attached hydrogen (secondary N) is 1. The van der Waals surface area contributed by atoms with Crippen LogP contribution in [0.15, 0.2) is 108 Å². The molecule has 4 aromatic carbocycles. The highest BCUT2D eigenvalue weighted by Crippen LogP contribution is 2.27. The van der Waals surface area contributed by atoms with Crippen LogP contribution in [0.25, 0.3) is 0 Å². The molecule has 0 fully saturated rings. The number of halogens is 1. The van der Waals surface area contributed by atoms with Crippen molar-refractivity contribution in [1.29, 1.82) is 0 Å². The molecule has 4 rings (SSSR count). The Kier molecular flexibility index (Phi) is 11.4. The molecule has 0 aliphatic heterocycles. The number of sulfonamides is 1. The largest absolute Gasteiger partial charge is 0.494 e. The van der Waals surface area contributed by atoms with Crippen LogP contribution in [0.4, 0.5) is 10.1 Å². The number of amides is 2. The van der Waals surface area contributed by atoms with E-state index in [0.29, 0.717) is 12.4 Å². The van der Waals surface area contributed by atoms with Crippen LogP contribution in [-0.4, -0.2) is 49.9 Å². The lowest BCUT2D eigenvalue weighted by molar-refractivity contribution is -0.140. The predicted octanol–water partition coefficient (Wildman–Crippen LogP) is 6.28. The molecule has 0 aromatic heterocycles. The smallest absolute Gasteiger partial charge is 0.264 e. The minimum absolute atomic E-state index is 0.00301. The number of nitrogens with zero attached hydrogens (tertiary/aromatic N) is 2. The number of aryl methyl sites for hydroxylation is 1. The highest BCUT2D eigenvalue weighted by Gasteiger charge is 2.36. The third kappa shape index (κ3) is 9.42. The maximum Gasteiger partial charge on any atom is 0.264 e. The van der Waals surface area contributed by atoms with E-state index in [9.17, 15) is 18.0 Å².